The van der Waals surface area contributed by atoms with Crippen molar-refractivity contribution in [3.63, 3.8) is 0 Å². The molecule has 0 N–H and O–H groups in total. The third kappa shape index (κ3) is 2.93. The predicted octanol–water partition coefficient (Wildman–Crippen LogP) is 5.30. The molecule has 0 aliphatic heterocycles. The average Bonchev–Trinajstić information content (AvgIpc) is 3.22. The van der Waals surface area contributed by atoms with Gasteiger partial charge in [-0.15, -0.1) is 0 Å². The highest BCUT2D eigenvalue weighted by atomic mass is 15.2. The molecule has 4 rings (SSSR count). The van der Waals surface area contributed by atoms with Gasteiger partial charge in [-0.25, -0.2) is 0 Å². The Morgan fingerprint density at radius 2 is 1.86 bits per heavy atom. The molecule has 0 bridgehead atoms. The van der Waals surface area contributed by atoms with E-state index in [1.165, 1.54) is 33.9 Å². The lowest BCUT2D eigenvalue weighted by atomic mass is 10.00. The van der Waals surface area contributed by atoms with Crippen LogP contribution in [0.1, 0.15) is 36.4 Å². The first-order valence-electron chi connectivity index (χ1n) is 9.67. The van der Waals surface area contributed by atoms with Gasteiger partial charge in [-0.3, -0.25) is 4.99 Å². The van der Waals surface area contributed by atoms with Crippen LogP contribution in [0.25, 0.3) is 16.9 Å². The van der Waals surface area contributed by atoms with Crippen molar-refractivity contribution in [2.75, 3.05) is 0 Å². The van der Waals surface area contributed by atoms with E-state index in [1.54, 1.807) is 0 Å². The Kier molecular flexibility index (Phi) is 4.60. The number of rotatable bonds is 4. The summed E-state index contributed by atoms with van der Waals surface area (Å²) in [7, 11) is 0. The fourth-order valence-corrected chi connectivity index (χ4v) is 4.10. The van der Waals surface area contributed by atoms with Crippen LogP contribution in [0.3, 0.4) is 0 Å². The molecule has 0 saturated carbocycles. The topological polar surface area (TPSA) is 21.2 Å². The Morgan fingerprint density at radius 1 is 1.11 bits per heavy atom. The highest BCUT2D eigenvalue weighted by Crippen LogP contribution is 2.37. The zero-order valence-corrected chi connectivity index (χ0v) is 17.0. The van der Waals surface area contributed by atoms with Crippen LogP contribution in [0.15, 0.2) is 78.2 Å². The fourth-order valence-electron chi connectivity index (χ4n) is 4.10. The van der Waals surface area contributed by atoms with E-state index >= 15 is 0 Å². The lowest BCUT2D eigenvalue weighted by molar-refractivity contribution is -0.602. The van der Waals surface area contributed by atoms with Crippen LogP contribution in [0.5, 0.6) is 0 Å². The second-order valence-corrected chi connectivity index (χ2v) is 7.48. The van der Waals surface area contributed by atoms with Gasteiger partial charge in [0, 0.05) is 30.2 Å². The van der Waals surface area contributed by atoms with Gasteiger partial charge in [0.2, 0.25) is 0 Å². The summed E-state index contributed by atoms with van der Waals surface area (Å²) in [5.41, 5.74) is 9.59. The number of hydrogen-bond donors (Lipinski definition) is 0. The summed E-state index contributed by atoms with van der Waals surface area (Å²) in [6.45, 7) is 12.5. The van der Waals surface area contributed by atoms with Crippen molar-refractivity contribution in [3.05, 3.63) is 95.7 Å². The Bertz CT molecular complexity index is 1120. The first kappa shape index (κ1) is 18.2. The van der Waals surface area contributed by atoms with Gasteiger partial charge < -0.3 is 0 Å². The molecule has 0 unspecified atom stereocenters. The van der Waals surface area contributed by atoms with Gasteiger partial charge in [-0.05, 0) is 44.0 Å². The number of aryl methyl sites for hydroxylation is 1. The number of nitrogens with zero attached hydrogens (tertiary/aromatic N) is 3. The molecule has 3 aromatic rings. The molecule has 2 aromatic carbocycles. The van der Waals surface area contributed by atoms with Gasteiger partial charge >= 0.3 is 0 Å². The molecule has 0 spiro atoms. The minimum atomic E-state index is 0.835. The number of imidazole rings is 1. The van der Waals surface area contributed by atoms with Crippen LogP contribution in [-0.2, 0) is 6.42 Å². The molecule has 3 heteroatoms. The summed E-state index contributed by atoms with van der Waals surface area (Å²) in [6, 6.07) is 14.9. The number of aliphatic imine (C=N–C) groups is 1. The number of allylic oxidation sites excluding steroid dienone is 3. The number of para-hydroxylation sites is 1. The molecule has 0 amide bonds. The smallest absolute Gasteiger partial charge is 0.262 e. The van der Waals surface area contributed by atoms with Gasteiger partial charge in [-0.1, -0.05) is 43.0 Å². The minimum Gasteiger partial charge on any atom is -0.262 e. The van der Waals surface area contributed by atoms with Crippen molar-refractivity contribution in [2.45, 2.75) is 34.1 Å². The first-order chi connectivity index (χ1) is 13.5. The highest BCUT2D eigenvalue weighted by molar-refractivity contribution is 5.88. The molecule has 1 aromatic heterocycles. The van der Waals surface area contributed by atoms with Crippen molar-refractivity contribution in [3.8, 4) is 11.4 Å². The molecule has 140 valence electrons. The molecule has 3 nitrogen and oxygen atoms in total. The maximum Gasteiger partial charge on any atom is 0.263 e. The first-order valence-corrected chi connectivity index (χ1v) is 9.67. The van der Waals surface area contributed by atoms with Crippen LogP contribution in [0.2, 0.25) is 0 Å². The van der Waals surface area contributed by atoms with Gasteiger partial charge in [0.15, 0.2) is 0 Å². The summed E-state index contributed by atoms with van der Waals surface area (Å²) in [5.74, 6) is 1.17. The Hall–Kier alpha value is -3.20. The number of hydrogen-bond acceptors (Lipinski definition) is 1. The summed E-state index contributed by atoms with van der Waals surface area (Å²) in [4.78, 5) is 4.79. The van der Waals surface area contributed by atoms with Gasteiger partial charge in [-0.2, -0.15) is 9.13 Å². The zero-order valence-electron chi connectivity index (χ0n) is 17.0. The van der Waals surface area contributed by atoms with Crippen molar-refractivity contribution >= 4 is 11.3 Å². The summed E-state index contributed by atoms with van der Waals surface area (Å²) in [5, 5.41) is 0. The van der Waals surface area contributed by atoms with Crippen molar-refractivity contribution in [2.24, 2.45) is 4.99 Å². The summed E-state index contributed by atoms with van der Waals surface area (Å²) >= 11 is 0. The Morgan fingerprint density at radius 3 is 2.54 bits per heavy atom. The Labute approximate surface area is 167 Å². The standard InChI is InChI=1S/C25H26N3/c1-6-21-22-13-12-18(4)25(23(22)16-24(21)26-17(2)3)28-15-14-27(19(28)5)20-10-8-7-9-11-20/h6-15H,1,16H2,2-5H3/q+1. The fraction of sp³-hybridized carbons (Fsp3) is 0.200. The van der Waals surface area contributed by atoms with E-state index in [2.05, 4.69) is 78.4 Å². The molecule has 0 fully saturated rings. The van der Waals surface area contributed by atoms with Crippen LogP contribution in [0, 0.1) is 13.8 Å². The maximum atomic E-state index is 4.79. The second kappa shape index (κ2) is 7.08. The minimum absolute atomic E-state index is 0.835. The Balaban J connectivity index is 1.88. The molecule has 0 atom stereocenters. The quantitative estimate of drug-likeness (QED) is 0.440. The SMILES string of the molecule is C=CC1=C(N=C(C)C)Cc2c1ccc(C)c2-[n+]1ccn(-c2ccccc2)c1C. The van der Waals surface area contributed by atoms with Crippen molar-refractivity contribution < 1.29 is 4.57 Å². The van der Waals surface area contributed by atoms with E-state index in [1.807, 2.05) is 26.0 Å². The van der Waals surface area contributed by atoms with E-state index in [0.717, 1.165) is 23.4 Å². The zero-order chi connectivity index (χ0) is 19.8. The molecule has 0 radical (unpaired) electrons. The molecule has 28 heavy (non-hydrogen) atoms. The van der Waals surface area contributed by atoms with Crippen molar-refractivity contribution in [1.82, 2.24) is 4.57 Å². The lowest BCUT2D eigenvalue weighted by Gasteiger charge is -2.11. The van der Waals surface area contributed by atoms with Crippen LogP contribution in [-0.4, -0.2) is 10.3 Å². The van der Waals surface area contributed by atoms with Crippen molar-refractivity contribution in [1.29, 1.82) is 0 Å². The van der Waals surface area contributed by atoms with Gasteiger partial charge in [0.25, 0.3) is 5.82 Å². The highest BCUT2D eigenvalue weighted by Gasteiger charge is 2.28. The van der Waals surface area contributed by atoms with Crippen LogP contribution >= 0.6 is 0 Å². The van der Waals surface area contributed by atoms with E-state index in [-0.39, 0.29) is 0 Å². The third-order valence-corrected chi connectivity index (χ3v) is 5.33. The molecule has 1 aliphatic rings. The summed E-state index contributed by atoms with van der Waals surface area (Å²) in [6.07, 6.45) is 7.07. The third-order valence-electron chi connectivity index (χ3n) is 5.33. The number of fused-ring (bicyclic) bond motifs is 1. The predicted molar refractivity (Wildman–Crippen MR) is 116 cm³/mol. The average molecular weight is 369 g/mol. The summed E-state index contributed by atoms with van der Waals surface area (Å²) < 4.78 is 4.53. The van der Waals surface area contributed by atoms with E-state index in [9.17, 15) is 0 Å². The largest absolute Gasteiger partial charge is 0.263 e. The lowest BCUT2D eigenvalue weighted by Crippen LogP contribution is -2.35. The van der Waals surface area contributed by atoms with E-state index < -0.39 is 0 Å². The second-order valence-electron chi connectivity index (χ2n) is 7.48. The molecular formula is C25H26N3+. The molecule has 0 saturated heterocycles. The monoisotopic (exact) mass is 368 g/mol. The van der Waals surface area contributed by atoms with E-state index in [4.69, 9.17) is 4.99 Å². The van der Waals surface area contributed by atoms with Gasteiger partial charge in [0.1, 0.15) is 23.8 Å². The van der Waals surface area contributed by atoms with Gasteiger partial charge in [0.05, 0.1) is 5.70 Å². The normalized spacial score (nSPS) is 12.9. The molecular weight excluding hydrogens is 342 g/mol. The molecule has 1 heterocycles. The van der Waals surface area contributed by atoms with Crippen LogP contribution in [0.4, 0.5) is 0 Å². The number of benzene rings is 2. The molecule has 1 aliphatic carbocycles. The number of aromatic nitrogens is 2. The van der Waals surface area contributed by atoms with Crippen LogP contribution < -0.4 is 4.57 Å². The maximum absolute atomic E-state index is 4.79. The van der Waals surface area contributed by atoms with E-state index in [0.29, 0.717) is 0 Å².